The van der Waals surface area contributed by atoms with Crippen molar-refractivity contribution in [2.45, 2.75) is 25.3 Å². The van der Waals surface area contributed by atoms with Crippen LogP contribution in [0.5, 0.6) is 0 Å². The molecule has 1 amide bonds. The number of amides is 1. The van der Waals surface area contributed by atoms with Crippen LogP contribution in [0.2, 0.25) is 5.02 Å². The highest BCUT2D eigenvalue weighted by molar-refractivity contribution is 6.33. The van der Waals surface area contributed by atoms with Crippen LogP contribution in [0.15, 0.2) is 12.3 Å². The molecule has 16 heavy (non-hydrogen) atoms. The van der Waals surface area contributed by atoms with Crippen molar-refractivity contribution < 1.29 is 4.79 Å². The zero-order chi connectivity index (χ0) is 11.7. The standard InChI is InChI=1S/C11H14ClN3O/c1-15(7-3-2-4-7)11(16)8-5-10(13)14-6-9(8)12/h5-7H,2-4H2,1H3,(H2,13,14). The van der Waals surface area contributed by atoms with E-state index in [1.807, 2.05) is 0 Å². The molecular weight excluding hydrogens is 226 g/mol. The highest BCUT2D eigenvalue weighted by Crippen LogP contribution is 2.26. The second-order valence-corrected chi connectivity index (χ2v) is 4.50. The summed E-state index contributed by atoms with van der Waals surface area (Å²) in [7, 11) is 1.80. The molecule has 1 aromatic rings. The van der Waals surface area contributed by atoms with E-state index in [2.05, 4.69) is 4.98 Å². The second-order valence-electron chi connectivity index (χ2n) is 4.09. The van der Waals surface area contributed by atoms with Gasteiger partial charge in [0.05, 0.1) is 10.6 Å². The zero-order valence-electron chi connectivity index (χ0n) is 9.11. The SMILES string of the molecule is CN(C(=O)c1cc(N)ncc1Cl)C1CCC1. The Hall–Kier alpha value is -1.29. The molecule has 1 heterocycles. The van der Waals surface area contributed by atoms with Gasteiger partial charge in [-0.1, -0.05) is 11.6 Å². The van der Waals surface area contributed by atoms with Crippen molar-refractivity contribution in [2.75, 3.05) is 12.8 Å². The van der Waals surface area contributed by atoms with Gasteiger partial charge in [-0.2, -0.15) is 0 Å². The van der Waals surface area contributed by atoms with E-state index in [4.69, 9.17) is 17.3 Å². The van der Waals surface area contributed by atoms with Gasteiger partial charge in [-0.05, 0) is 25.3 Å². The summed E-state index contributed by atoms with van der Waals surface area (Å²) >= 11 is 5.94. The molecule has 1 fully saturated rings. The van der Waals surface area contributed by atoms with Crippen molar-refractivity contribution >= 4 is 23.3 Å². The van der Waals surface area contributed by atoms with Crippen LogP contribution in [-0.4, -0.2) is 28.9 Å². The van der Waals surface area contributed by atoms with E-state index in [1.165, 1.54) is 18.7 Å². The Kier molecular flexibility index (Phi) is 3.01. The lowest BCUT2D eigenvalue weighted by Gasteiger charge is -2.34. The summed E-state index contributed by atoms with van der Waals surface area (Å²) in [5, 5.41) is 0.352. The number of halogens is 1. The number of nitrogens with zero attached hydrogens (tertiary/aromatic N) is 2. The summed E-state index contributed by atoms with van der Waals surface area (Å²) in [5.74, 6) is 0.235. The number of nitrogens with two attached hydrogens (primary N) is 1. The molecule has 1 aliphatic rings. The Morgan fingerprint density at radius 1 is 1.62 bits per heavy atom. The highest BCUT2D eigenvalue weighted by atomic mass is 35.5. The van der Waals surface area contributed by atoms with E-state index < -0.39 is 0 Å². The Morgan fingerprint density at radius 3 is 2.88 bits per heavy atom. The number of hydrogen-bond acceptors (Lipinski definition) is 3. The molecule has 0 aliphatic heterocycles. The maximum absolute atomic E-state index is 12.1. The third-order valence-electron chi connectivity index (χ3n) is 3.05. The van der Waals surface area contributed by atoms with Crippen LogP contribution in [0.1, 0.15) is 29.6 Å². The van der Waals surface area contributed by atoms with Crippen LogP contribution >= 0.6 is 11.6 Å². The molecule has 0 saturated heterocycles. The van der Waals surface area contributed by atoms with E-state index in [1.54, 1.807) is 11.9 Å². The molecule has 4 nitrogen and oxygen atoms in total. The Labute approximate surface area is 99.4 Å². The number of hydrogen-bond donors (Lipinski definition) is 1. The van der Waals surface area contributed by atoms with Gasteiger partial charge in [0, 0.05) is 19.3 Å². The molecule has 0 atom stereocenters. The molecule has 1 saturated carbocycles. The van der Waals surface area contributed by atoms with Gasteiger partial charge in [0.25, 0.3) is 5.91 Å². The fourth-order valence-corrected chi connectivity index (χ4v) is 1.93. The van der Waals surface area contributed by atoms with Gasteiger partial charge in [-0.3, -0.25) is 4.79 Å². The molecule has 86 valence electrons. The van der Waals surface area contributed by atoms with Gasteiger partial charge in [0.15, 0.2) is 0 Å². The fourth-order valence-electron chi connectivity index (χ4n) is 1.75. The lowest BCUT2D eigenvalue weighted by atomic mass is 9.91. The monoisotopic (exact) mass is 239 g/mol. The first-order valence-corrected chi connectivity index (χ1v) is 5.65. The predicted octanol–water partition coefficient (Wildman–Crippen LogP) is 1.94. The summed E-state index contributed by atoms with van der Waals surface area (Å²) in [6.07, 6.45) is 4.74. The molecule has 0 aromatic carbocycles. The average Bonchev–Trinajstić information content (AvgIpc) is 2.18. The molecule has 5 heteroatoms. The molecule has 0 bridgehead atoms. The zero-order valence-corrected chi connectivity index (χ0v) is 9.87. The highest BCUT2D eigenvalue weighted by Gasteiger charge is 2.27. The smallest absolute Gasteiger partial charge is 0.255 e. The maximum atomic E-state index is 12.1. The Morgan fingerprint density at radius 2 is 2.31 bits per heavy atom. The minimum Gasteiger partial charge on any atom is -0.384 e. The van der Waals surface area contributed by atoms with Gasteiger partial charge >= 0.3 is 0 Å². The van der Waals surface area contributed by atoms with Crippen LogP contribution in [0.25, 0.3) is 0 Å². The van der Waals surface area contributed by atoms with E-state index in [9.17, 15) is 4.79 Å². The van der Waals surface area contributed by atoms with Gasteiger partial charge < -0.3 is 10.6 Å². The molecular formula is C11H14ClN3O. The van der Waals surface area contributed by atoms with Crippen molar-refractivity contribution in [3.8, 4) is 0 Å². The normalized spacial score (nSPS) is 15.6. The minimum absolute atomic E-state index is 0.0798. The lowest BCUT2D eigenvalue weighted by Crippen LogP contribution is -2.41. The quantitative estimate of drug-likeness (QED) is 0.858. The summed E-state index contributed by atoms with van der Waals surface area (Å²) in [5.41, 5.74) is 5.98. The fraction of sp³-hybridized carbons (Fsp3) is 0.455. The minimum atomic E-state index is -0.0798. The molecule has 1 aliphatic carbocycles. The van der Waals surface area contributed by atoms with Crippen molar-refractivity contribution in [1.82, 2.24) is 9.88 Å². The number of carbonyl (C=O) groups is 1. The molecule has 2 N–H and O–H groups in total. The first kappa shape index (κ1) is 11.2. The summed E-state index contributed by atoms with van der Waals surface area (Å²) in [4.78, 5) is 17.7. The molecule has 0 unspecified atom stereocenters. The van der Waals surface area contributed by atoms with Crippen LogP contribution in [0, 0.1) is 0 Å². The van der Waals surface area contributed by atoms with Crippen molar-refractivity contribution in [3.63, 3.8) is 0 Å². The first-order chi connectivity index (χ1) is 7.59. The Bertz CT molecular complexity index is 418. The molecule has 0 radical (unpaired) electrons. The Balaban J connectivity index is 2.22. The lowest BCUT2D eigenvalue weighted by molar-refractivity contribution is 0.0652. The number of aromatic nitrogens is 1. The first-order valence-electron chi connectivity index (χ1n) is 5.28. The van der Waals surface area contributed by atoms with Crippen molar-refractivity contribution in [1.29, 1.82) is 0 Å². The van der Waals surface area contributed by atoms with E-state index >= 15 is 0 Å². The largest absolute Gasteiger partial charge is 0.384 e. The molecule has 1 aromatic heterocycles. The maximum Gasteiger partial charge on any atom is 0.255 e. The molecule has 0 spiro atoms. The van der Waals surface area contributed by atoms with Crippen LogP contribution in [0.4, 0.5) is 5.82 Å². The summed E-state index contributed by atoms with van der Waals surface area (Å²) < 4.78 is 0. The van der Waals surface area contributed by atoms with Crippen LogP contribution in [-0.2, 0) is 0 Å². The number of nitrogen functional groups attached to an aromatic ring is 1. The average molecular weight is 240 g/mol. The summed E-state index contributed by atoms with van der Waals surface area (Å²) in [6, 6.07) is 1.87. The number of pyridine rings is 1. The number of carbonyl (C=O) groups excluding carboxylic acids is 1. The van der Waals surface area contributed by atoms with Crippen LogP contribution in [0.3, 0.4) is 0 Å². The van der Waals surface area contributed by atoms with E-state index in [0.717, 1.165) is 12.8 Å². The van der Waals surface area contributed by atoms with Crippen LogP contribution < -0.4 is 5.73 Å². The third kappa shape index (κ3) is 1.97. The summed E-state index contributed by atoms with van der Waals surface area (Å²) in [6.45, 7) is 0. The van der Waals surface area contributed by atoms with E-state index in [0.29, 0.717) is 22.4 Å². The van der Waals surface area contributed by atoms with Gasteiger partial charge in [-0.25, -0.2) is 4.98 Å². The topological polar surface area (TPSA) is 59.2 Å². The predicted molar refractivity (Wildman–Crippen MR) is 63.4 cm³/mol. The number of rotatable bonds is 2. The van der Waals surface area contributed by atoms with Crippen molar-refractivity contribution in [3.05, 3.63) is 22.8 Å². The third-order valence-corrected chi connectivity index (χ3v) is 3.35. The van der Waals surface area contributed by atoms with Gasteiger partial charge in [0.1, 0.15) is 5.82 Å². The van der Waals surface area contributed by atoms with Gasteiger partial charge in [0.2, 0.25) is 0 Å². The van der Waals surface area contributed by atoms with Crippen molar-refractivity contribution in [2.24, 2.45) is 0 Å². The van der Waals surface area contributed by atoms with Gasteiger partial charge in [-0.15, -0.1) is 0 Å². The molecule has 2 rings (SSSR count). The van der Waals surface area contributed by atoms with E-state index in [-0.39, 0.29) is 5.91 Å². The number of anilines is 1. The second kappa shape index (κ2) is 4.29.